The van der Waals surface area contributed by atoms with Gasteiger partial charge in [-0.05, 0) is 12.1 Å². The number of rotatable bonds is 6. The molecule has 0 aliphatic rings. The molecule has 0 radical (unpaired) electrons. The molecule has 2 aromatic heterocycles. The van der Waals surface area contributed by atoms with E-state index in [1.54, 1.807) is 0 Å². The first-order valence-corrected chi connectivity index (χ1v) is 7.93. The van der Waals surface area contributed by atoms with Crippen molar-refractivity contribution in [3.8, 4) is 0 Å². The third-order valence-corrected chi connectivity index (χ3v) is 4.13. The lowest BCUT2D eigenvalue weighted by atomic mass is 10.2. The molecule has 120 valence electrons. The molecule has 4 rings (SSSR count). The van der Waals surface area contributed by atoms with Crippen LogP contribution in [0.3, 0.4) is 0 Å². The maximum atomic E-state index is 12.2. The summed E-state index contributed by atoms with van der Waals surface area (Å²) in [5, 5.41) is 8.60. The molecule has 0 unspecified atom stereocenters. The van der Waals surface area contributed by atoms with E-state index < -0.39 is 0 Å². The number of carbonyl (C=O) groups is 1. The fourth-order valence-electron chi connectivity index (χ4n) is 2.89. The first-order valence-electron chi connectivity index (χ1n) is 7.93. The Hall–Kier alpha value is -3.21. The highest BCUT2D eigenvalue weighted by Gasteiger charge is 2.07. The van der Waals surface area contributed by atoms with Gasteiger partial charge < -0.3 is 20.6 Å². The van der Waals surface area contributed by atoms with Crippen LogP contribution in [0.25, 0.3) is 21.8 Å². The smallest absolute Gasteiger partial charge is 0.170 e. The molecule has 0 amide bonds. The number of hydrogen-bond donors (Lipinski definition) is 4. The molecule has 0 spiro atoms. The summed E-state index contributed by atoms with van der Waals surface area (Å²) in [6.07, 6.45) is 3.79. The van der Waals surface area contributed by atoms with E-state index in [2.05, 4.69) is 20.6 Å². The predicted octanol–water partition coefficient (Wildman–Crippen LogP) is 3.74. The molecule has 4 aromatic rings. The molecular formula is C19H18N4O. The minimum absolute atomic E-state index is 0.102. The second-order valence-corrected chi connectivity index (χ2v) is 5.74. The summed E-state index contributed by atoms with van der Waals surface area (Å²) in [6, 6.07) is 16.0. The summed E-state index contributed by atoms with van der Waals surface area (Å²) < 4.78 is 0. The number of ketones is 1. The largest absolute Gasteiger partial charge is 0.376 e. The highest BCUT2D eigenvalue weighted by molar-refractivity contribution is 5.96. The first kappa shape index (κ1) is 14.4. The van der Waals surface area contributed by atoms with Gasteiger partial charge in [0.25, 0.3) is 0 Å². The lowest BCUT2D eigenvalue weighted by molar-refractivity contribution is -0.115. The third kappa shape index (κ3) is 2.72. The fourth-order valence-corrected chi connectivity index (χ4v) is 2.89. The van der Waals surface area contributed by atoms with Crippen molar-refractivity contribution >= 4 is 39.0 Å². The summed E-state index contributed by atoms with van der Waals surface area (Å²) in [4.78, 5) is 18.5. The Bertz CT molecular complexity index is 919. The number of hydrogen-bond acceptors (Lipinski definition) is 3. The molecule has 0 atom stereocenters. The summed E-state index contributed by atoms with van der Waals surface area (Å²) in [5.74, 6) is 0.102. The molecule has 0 fully saturated rings. The Kier molecular flexibility index (Phi) is 3.67. The number of benzene rings is 2. The Balaban J connectivity index is 1.37. The topological polar surface area (TPSA) is 72.7 Å². The number of Topliss-reactive ketones (excluding diaryl/α,β-unsaturated/α-hetero) is 1. The lowest BCUT2D eigenvalue weighted by Gasteiger charge is -2.06. The van der Waals surface area contributed by atoms with Gasteiger partial charge >= 0.3 is 0 Å². The Morgan fingerprint density at radius 3 is 1.71 bits per heavy atom. The van der Waals surface area contributed by atoms with Crippen molar-refractivity contribution in [1.29, 1.82) is 0 Å². The third-order valence-electron chi connectivity index (χ3n) is 4.13. The van der Waals surface area contributed by atoms with Crippen molar-refractivity contribution in [1.82, 2.24) is 9.97 Å². The van der Waals surface area contributed by atoms with Crippen LogP contribution in [-0.2, 0) is 4.79 Å². The van der Waals surface area contributed by atoms with E-state index in [4.69, 9.17) is 0 Å². The average Bonchev–Trinajstić information content (AvgIpc) is 3.22. The molecule has 24 heavy (non-hydrogen) atoms. The van der Waals surface area contributed by atoms with Crippen molar-refractivity contribution in [2.45, 2.75) is 0 Å². The van der Waals surface area contributed by atoms with Crippen molar-refractivity contribution in [3.63, 3.8) is 0 Å². The van der Waals surface area contributed by atoms with Crippen molar-refractivity contribution in [3.05, 3.63) is 60.9 Å². The van der Waals surface area contributed by atoms with E-state index in [-0.39, 0.29) is 18.9 Å². The van der Waals surface area contributed by atoms with Gasteiger partial charge in [0.05, 0.1) is 24.5 Å². The van der Waals surface area contributed by atoms with Crippen LogP contribution in [0.2, 0.25) is 0 Å². The van der Waals surface area contributed by atoms with Gasteiger partial charge in [0.2, 0.25) is 0 Å². The normalized spacial score (nSPS) is 11.0. The standard InChI is InChI=1S/C19H18N4O/c24-13(9-20-18-11-22-16-7-3-1-5-14(16)18)10-21-19-12-23-17-8-4-2-6-15(17)19/h1-8,11-12,20-23H,9-10H2. The summed E-state index contributed by atoms with van der Waals surface area (Å²) >= 11 is 0. The van der Waals surface area contributed by atoms with E-state index in [0.29, 0.717) is 0 Å². The molecule has 0 saturated heterocycles. The molecule has 5 heteroatoms. The minimum atomic E-state index is 0.102. The number of anilines is 2. The van der Waals surface area contributed by atoms with Crippen LogP contribution >= 0.6 is 0 Å². The Morgan fingerprint density at radius 2 is 1.21 bits per heavy atom. The van der Waals surface area contributed by atoms with Crippen molar-refractivity contribution in [2.24, 2.45) is 0 Å². The van der Waals surface area contributed by atoms with Crippen LogP contribution < -0.4 is 10.6 Å². The van der Waals surface area contributed by atoms with Gasteiger partial charge in [-0.1, -0.05) is 36.4 Å². The highest BCUT2D eigenvalue weighted by Crippen LogP contribution is 2.23. The highest BCUT2D eigenvalue weighted by atomic mass is 16.1. The molecule has 0 aliphatic heterocycles. The van der Waals surface area contributed by atoms with Crippen molar-refractivity contribution in [2.75, 3.05) is 23.7 Å². The number of fused-ring (bicyclic) bond motifs is 2. The Labute approximate surface area is 139 Å². The molecular weight excluding hydrogens is 300 g/mol. The van der Waals surface area contributed by atoms with Crippen LogP contribution in [0.4, 0.5) is 11.4 Å². The van der Waals surface area contributed by atoms with E-state index in [1.165, 1.54) is 0 Å². The monoisotopic (exact) mass is 318 g/mol. The SMILES string of the molecule is O=C(CNc1c[nH]c2ccccc12)CNc1c[nH]c2ccccc12. The van der Waals surface area contributed by atoms with E-state index in [1.807, 2.05) is 60.9 Å². The number of aromatic amines is 2. The number of para-hydroxylation sites is 2. The summed E-state index contributed by atoms with van der Waals surface area (Å²) in [5.41, 5.74) is 4.02. The van der Waals surface area contributed by atoms with Gasteiger partial charge in [-0.2, -0.15) is 0 Å². The van der Waals surface area contributed by atoms with E-state index in [0.717, 1.165) is 33.2 Å². The maximum absolute atomic E-state index is 12.2. The van der Waals surface area contributed by atoms with E-state index in [9.17, 15) is 4.79 Å². The number of H-pyrrole nitrogens is 2. The number of nitrogens with one attached hydrogen (secondary N) is 4. The van der Waals surface area contributed by atoms with Crippen LogP contribution in [-0.4, -0.2) is 28.8 Å². The molecule has 5 nitrogen and oxygen atoms in total. The number of aromatic nitrogens is 2. The zero-order valence-corrected chi connectivity index (χ0v) is 13.1. The van der Waals surface area contributed by atoms with Gasteiger partial charge in [0.15, 0.2) is 5.78 Å². The molecule has 0 saturated carbocycles. The van der Waals surface area contributed by atoms with Crippen LogP contribution in [0, 0.1) is 0 Å². The zero-order chi connectivity index (χ0) is 16.4. The van der Waals surface area contributed by atoms with Crippen LogP contribution in [0.15, 0.2) is 60.9 Å². The number of carbonyl (C=O) groups excluding carboxylic acids is 1. The molecule has 2 heterocycles. The second kappa shape index (κ2) is 6.12. The van der Waals surface area contributed by atoms with Gasteiger partial charge in [0, 0.05) is 34.2 Å². The summed E-state index contributed by atoms with van der Waals surface area (Å²) in [7, 11) is 0. The molecule has 4 N–H and O–H groups in total. The van der Waals surface area contributed by atoms with Crippen LogP contribution in [0.1, 0.15) is 0 Å². The molecule has 2 aromatic carbocycles. The summed E-state index contributed by atoms with van der Waals surface area (Å²) in [6.45, 7) is 0.578. The second-order valence-electron chi connectivity index (χ2n) is 5.74. The molecule has 0 bridgehead atoms. The fraction of sp³-hybridized carbons (Fsp3) is 0.105. The maximum Gasteiger partial charge on any atom is 0.170 e. The minimum Gasteiger partial charge on any atom is -0.376 e. The lowest BCUT2D eigenvalue weighted by Crippen LogP contribution is -2.21. The predicted molar refractivity (Wildman–Crippen MR) is 98.6 cm³/mol. The zero-order valence-electron chi connectivity index (χ0n) is 13.1. The van der Waals surface area contributed by atoms with Gasteiger partial charge in [0.1, 0.15) is 0 Å². The average molecular weight is 318 g/mol. The quantitative estimate of drug-likeness (QED) is 0.437. The van der Waals surface area contributed by atoms with E-state index >= 15 is 0 Å². The van der Waals surface area contributed by atoms with Crippen molar-refractivity contribution < 1.29 is 4.79 Å². The van der Waals surface area contributed by atoms with Gasteiger partial charge in [-0.15, -0.1) is 0 Å². The van der Waals surface area contributed by atoms with Gasteiger partial charge in [-0.25, -0.2) is 0 Å². The molecule has 0 aliphatic carbocycles. The Morgan fingerprint density at radius 1 is 0.750 bits per heavy atom. The first-order chi connectivity index (χ1) is 11.8. The van der Waals surface area contributed by atoms with Crippen LogP contribution in [0.5, 0.6) is 0 Å². The van der Waals surface area contributed by atoms with Gasteiger partial charge in [-0.3, -0.25) is 4.79 Å².